The van der Waals surface area contributed by atoms with Gasteiger partial charge in [0.05, 0.1) is 13.2 Å². The van der Waals surface area contributed by atoms with Gasteiger partial charge in [-0.2, -0.15) is 0 Å². The monoisotopic (exact) mass is 196 g/mol. The molecule has 0 aliphatic rings. The zero-order valence-electron chi connectivity index (χ0n) is 8.03. The first-order chi connectivity index (χ1) is 6.69. The van der Waals surface area contributed by atoms with Gasteiger partial charge >= 0.3 is 0 Å². The van der Waals surface area contributed by atoms with E-state index in [2.05, 4.69) is 6.58 Å². The Bertz CT molecular complexity index is 323. The summed E-state index contributed by atoms with van der Waals surface area (Å²) in [5.41, 5.74) is 0.451. The van der Waals surface area contributed by atoms with Crippen molar-refractivity contribution in [2.75, 3.05) is 7.11 Å². The van der Waals surface area contributed by atoms with Gasteiger partial charge in [0.2, 0.25) is 0 Å². The number of hydrogen-bond donors (Lipinski definition) is 1. The molecule has 14 heavy (non-hydrogen) atoms. The minimum absolute atomic E-state index is 0.375. The average Bonchev–Trinajstić information content (AvgIpc) is 2.18. The van der Waals surface area contributed by atoms with E-state index in [-0.39, 0.29) is 5.82 Å². The van der Waals surface area contributed by atoms with Crippen molar-refractivity contribution in [1.82, 2.24) is 0 Å². The molecule has 0 bridgehead atoms. The number of aliphatic hydroxyl groups is 1. The van der Waals surface area contributed by atoms with Crippen molar-refractivity contribution in [2.24, 2.45) is 0 Å². The third kappa shape index (κ3) is 2.33. The summed E-state index contributed by atoms with van der Waals surface area (Å²) in [6.07, 6.45) is 1.19. The number of aliphatic hydroxyl groups excluding tert-OH is 1. The maximum absolute atomic E-state index is 12.9. The lowest BCUT2D eigenvalue weighted by Crippen LogP contribution is -2.00. The van der Waals surface area contributed by atoms with Gasteiger partial charge in [0.25, 0.3) is 0 Å². The summed E-state index contributed by atoms with van der Waals surface area (Å²) in [6.45, 7) is 3.51. The van der Waals surface area contributed by atoms with Crippen LogP contribution < -0.4 is 4.74 Å². The van der Waals surface area contributed by atoms with Crippen molar-refractivity contribution < 1.29 is 14.2 Å². The van der Waals surface area contributed by atoms with E-state index in [9.17, 15) is 9.50 Å². The molecule has 76 valence electrons. The van der Waals surface area contributed by atoms with Crippen LogP contribution in [-0.4, -0.2) is 12.2 Å². The van der Waals surface area contributed by atoms with Crippen molar-refractivity contribution in [1.29, 1.82) is 0 Å². The van der Waals surface area contributed by atoms with Crippen LogP contribution in [0.4, 0.5) is 4.39 Å². The van der Waals surface area contributed by atoms with Crippen LogP contribution >= 0.6 is 0 Å². The topological polar surface area (TPSA) is 29.5 Å². The van der Waals surface area contributed by atoms with Crippen molar-refractivity contribution in [3.05, 3.63) is 42.2 Å². The largest absolute Gasteiger partial charge is 0.496 e. The first kappa shape index (κ1) is 10.7. The fraction of sp³-hybridized carbons (Fsp3) is 0.273. The van der Waals surface area contributed by atoms with Gasteiger partial charge < -0.3 is 9.84 Å². The maximum atomic E-state index is 12.9. The molecule has 0 radical (unpaired) electrons. The molecule has 0 spiro atoms. The Balaban J connectivity index is 3.02. The molecule has 0 amide bonds. The number of benzene rings is 1. The smallest absolute Gasteiger partial charge is 0.124 e. The van der Waals surface area contributed by atoms with E-state index < -0.39 is 6.10 Å². The lowest BCUT2D eigenvalue weighted by molar-refractivity contribution is 0.176. The highest BCUT2D eigenvalue weighted by Gasteiger charge is 2.12. The Morgan fingerprint density at radius 2 is 2.36 bits per heavy atom. The van der Waals surface area contributed by atoms with Crippen molar-refractivity contribution in [3.63, 3.8) is 0 Å². The van der Waals surface area contributed by atoms with Crippen LogP contribution in [0.2, 0.25) is 0 Å². The van der Waals surface area contributed by atoms with Gasteiger partial charge in [-0.3, -0.25) is 0 Å². The third-order valence-electron chi connectivity index (χ3n) is 1.94. The van der Waals surface area contributed by atoms with Gasteiger partial charge in [-0.1, -0.05) is 6.08 Å². The second kappa shape index (κ2) is 4.77. The minimum atomic E-state index is -0.766. The SMILES string of the molecule is C=CC[C@H](O)c1cc(F)ccc1OC. The van der Waals surface area contributed by atoms with Crippen molar-refractivity contribution >= 4 is 0 Å². The van der Waals surface area contributed by atoms with E-state index in [0.29, 0.717) is 17.7 Å². The second-order valence-corrected chi connectivity index (χ2v) is 2.93. The Morgan fingerprint density at radius 1 is 1.64 bits per heavy atom. The number of ether oxygens (including phenoxy) is 1. The van der Waals surface area contributed by atoms with Gasteiger partial charge in [0.15, 0.2) is 0 Å². The van der Waals surface area contributed by atoms with Gasteiger partial charge in [-0.15, -0.1) is 6.58 Å². The molecule has 0 aliphatic heterocycles. The van der Waals surface area contributed by atoms with E-state index in [1.54, 1.807) is 6.08 Å². The summed E-state index contributed by atoms with van der Waals surface area (Å²) in [6, 6.07) is 4.06. The summed E-state index contributed by atoms with van der Waals surface area (Å²) in [7, 11) is 1.48. The summed E-state index contributed by atoms with van der Waals surface area (Å²) in [5, 5.41) is 9.64. The fourth-order valence-corrected chi connectivity index (χ4v) is 1.25. The highest BCUT2D eigenvalue weighted by molar-refractivity contribution is 5.35. The highest BCUT2D eigenvalue weighted by Crippen LogP contribution is 2.27. The number of halogens is 1. The molecule has 0 unspecified atom stereocenters. The Hall–Kier alpha value is -1.35. The van der Waals surface area contributed by atoms with Crippen LogP contribution in [0.5, 0.6) is 5.75 Å². The standard InChI is InChI=1S/C11H13FO2/c1-3-4-10(13)9-7-8(12)5-6-11(9)14-2/h3,5-7,10,13H,1,4H2,2H3/t10-/m0/s1. The zero-order chi connectivity index (χ0) is 10.6. The van der Waals surface area contributed by atoms with Gasteiger partial charge in [-0.05, 0) is 24.6 Å². The average molecular weight is 196 g/mol. The van der Waals surface area contributed by atoms with E-state index in [4.69, 9.17) is 4.74 Å². The molecule has 0 aliphatic carbocycles. The molecule has 1 aromatic rings. The molecule has 0 aromatic heterocycles. The molecule has 1 N–H and O–H groups in total. The van der Waals surface area contributed by atoms with Crippen molar-refractivity contribution in [3.8, 4) is 5.75 Å². The fourth-order valence-electron chi connectivity index (χ4n) is 1.25. The predicted octanol–water partition coefficient (Wildman–Crippen LogP) is 2.44. The van der Waals surface area contributed by atoms with Crippen LogP contribution in [0.3, 0.4) is 0 Å². The van der Waals surface area contributed by atoms with Crippen LogP contribution in [0, 0.1) is 5.82 Å². The molecule has 1 aromatic carbocycles. The van der Waals surface area contributed by atoms with E-state index >= 15 is 0 Å². The Morgan fingerprint density at radius 3 is 2.93 bits per heavy atom. The Kier molecular flexibility index (Phi) is 3.65. The molecular weight excluding hydrogens is 183 g/mol. The molecule has 2 nitrogen and oxygen atoms in total. The van der Waals surface area contributed by atoms with E-state index in [1.165, 1.54) is 25.3 Å². The summed E-state index contributed by atoms with van der Waals surface area (Å²) >= 11 is 0. The normalized spacial score (nSPS) is 12.2. The third-order valence-corrected chi connectivity index (χ3v) is 1.94. The first-order valence-corrected chi connectivity index (χ1v) is 4.31. The quantitative estimate of drug-likeness (QED) is 0.749. The van der Waals surface area contributed by atoms with E-state index in [1.807, 2.05) is 0 Å². The van der Waals surface area contributed by atoms with Gasteiger partial charge in [0, 0.05) is 5.56 Å². The minimum Gasteiger partial charge on any atom is -0.496 e. The van der Waals surface area contributed by atoms with Crippen molar-refractivity contribution in [2.45, 2.75) is 12.5 Å². The summed E-state index contributed by atoms with van der Waals surface area (Å²) < 4.78 is 17.9. The first-order valence-electron chi connectivity index (χ1n) is 4.31. The zero-order valence-corrected chi connectivity index (χ0v) is 8.03. The predicted molar refractivity (Wildman–Crippen MR) is 52.7 cm³/mol. The molecule has 1 atom stereocenters. The number of rotatable bonds is 4. The molecule has 1 rings (SSSR count). The number of hydrogen-bond acceptors (Lipinski definition) is 2. The van der Waals surface area contributed by atoms with Crippen LogP contribution in [0.15, 0.2) is 30.9 Å². The second-order valence-electron chi connectivity index (χ2n) is 2.93. The molecule has 0 saturated heterocycles. The molecule has 3 heteroatoms. The van der Waals surface area contributed by atoms with Crippen LogP contribution in [0.25, 0.3) is 0 Å². The highest BCUT2D eigenvalue weighted by atomic mass is 19.1. The van der Waals surface area contributed by atoms with Gasteiger partial charge in [-0.25, -0.2) is 4.39 Å². The number of methoxy groups -OCH3 is 1. The summed E-state index contributed by atoms with van der Waals surface area (Å²) in [4.78, 5) is 0. The molecule has 0 saturated carbocycles. The van der Waals surface area contributed by atoms with Crippen LogP contribution in [-0.2, 0) is 0 Å². The lowest BCUT2D eigenvalue weighted by atomic mass is 10.1. The molecule has 0 fully saturated rings. The van der Waals surface area contributed by atoms with Gasteiger partial charge in [0.1, 0.15) is 11.6 Å². The Labute approximate surface area is 82.6 Å². The molecule has 0 heterocycles. The maximum Gasteiger partial charge on any atom is 0.124 e. The van der Waals surface area contributed by atoms with E-state index in [0.717, 1.165) is 0 Å². The van der Waals surface area contributed by atoms with Crippen LogP contribution in [0.1, 0.15) is 18.1 Å². The summed E-state index contributed by atoms with van der Waals surface area (Å²) in [5.74, 6) is 0.102. The molecular formula is C11H13FO2. The lowest BCUT2D eigenvalue weighted by Gasteiger charge is -2.12.